The summed E-state index contributed by atoms with van der Waals surface area (Å²) in [5, 5.41) is 0.273. The Bertz CT molecular complexity index is 685. The van der Waals surface area contributed by atoms with Crippen molar-refractivity contribution in [3.05, 3.63) is 67.4 Å². The van der Waals surface area contributed by atoms with E-state index in [4.69, 9.17) is 46.4 Å². The van der Waals surface area contributed by atoms with E-state index in [0.29, 0.717) is 0 Å². The van der Waals surface area contributed by atoms with Gasteiger partial charge < -0.3 is 0 Å². The van der Waals surface area contributed by atoms with Crippen molar-refractivity contribution in [2.24, 2.45) is 0 Å². The smallest absolute Gasteiger partial charge is 0.170 e. The van der Waals surface area contributed by atoms with Crippen molar-refractivity contribution in [3.63, 3.8) is 0 Å². The molecule has 0 saturated carbocycles. The second kappa shape index (κ2) is 6.31. The van der Waals surface area contributed by atoms with Crippen LogP contribution >= 0.6 is 46.4 Å². The summed E-state index contributed by atoms with van der Waals surface area (Å²) in [4.78, 5) is 12.2. The molecule has 0 atom stereocenters. The highest BCUT2D eigenvalue weighted by Gasteiger charge is 2.20. The van der Waals surface area contributed by atoms with Crippen LogP contribution in [-0.4, -0.2) is 5.78 Å². The van der Waals surface area contributed by atoms with Gasteiger partial charge in [0.2, 0.25) is 0 Å². The summed E-state index contributed by atoms with van der Waals surface area (Å²) in [7, 11) is 0. The second-order valence-electron chi connectivity index (χ2n) is 4.03. The van der Waals surface area contributed by atoms with Crippen molar-refractivity contribution in [3.8, 4) is 0 Å². The van der Waals surface area contributed by atoms with E-state index in [0.717, 1.165) is 0 Å². The van der Waals surface area contributed by atoms with Crippen LogP contribution in [0.5, 0.6) is 0 Å². The molecular formula is C14H7Cl4FO. The predicted molar refractivity (Wildman–Crippen MR) is 80.9 cm³/mol. The van der Waals surface area contributed by atoms with Crippen molar-refractivity contribution >= 4 is 52.2 Å². The number of Topliss-reactive ketones (excluding diaryl/α,β-unsaturated/α-hetero) is 1. The van der Waals surface area contributed by atoms with Gasteiger partial charge in [-0.2, -0.15) is 0 Å². The first kappa shape index (κ1) is 15.6. The molecule has 0 radical (unpaired) electrons. The molecule has 2 rings (SSSR count). The molecule has 1 nitrogen and oxygen atoms in total. The van der Waals surface area contributed by atoms with E-state index in [9.17, 15) is 9.18 Å². The highest BCUT2D eigenvalue weighted by molar-refractivity contribution is 6.51. The molecule has 0 spiro atoms. The quantitative estimate of drug-likeness (QED) is 0.384. The maximum absolute atomic E-state index is 13.5. The van der Waals surface area contributed by atoms with Crippen molar-refractivity contribution in [1.82, 2.24) is 0 Å². The number of carbonyl (C=O) groups excluding carboxylic acids is 1. The van der Waals surface area contributed by atoms with Gasteiger partial charge in [-0.15, -0.1) is 0 Å². The van der Waals surface area contributed by atoms with Gasteiger partial charge in [-0.3, -0.25) is 4.79 Å². The largest absolute Gasteiger partial charge is 0.294 e. The zero-order valence-corrected chi connectivity index (χ0v) is 12.9. The third kappa shape index (κ3) is 3.09. The maximum Gasteiger partial charge on any atom is 0.170 e. The third-order valence-corrected chi connectivity index (χ3v) is 4.26. The zero-order valence-electron chi connectivity index (χ0n) is 9.89. The summed E-state index contributed by atoms with van der Waals surface area (Å²) in [6, 6.07) is 7.32. The van der Waals surface area contributed by atoms with Gasteiger partial charge in [-0.1, -0.05) is 64.6 Å². The van der Waals surface area contributed by atoms with Gasteiger partial charge in [0.05, 0.1) is 25.7 Å². The summed E-state index contributed by atoms with van der Waals surface area (Å²) >= 11 is 23.6. The van der Waals surface area contributed by atoms with Crippen LogP contribution < -0.4 is 0 Å². The van der Waals surface area contributed by atoms with Gasteiger partial charge in [0, 0.05) is 6.42 Å². The summed E-state index contributed by atoms with van der Waals surface area (Å²) in [6.07, 6.45) is -0.163. The zero-order chi connectivity index (χ0) is 14.9. The SMILES string of the molecule is O=C(Cc1ccccc1F)c1c(Cl)cc(Cl)c(Cl)c1Cl. The Balaban J connectivity index is 2.40. The van der Waals surface area contributed by atoms with Crippen LogP contribution in [0.25, 0.3) is 0 Å². The lowest BCUT2D eigenvalue weighted by atomic mass is 10.0. The Morgan fingerprint density at radius 2 is 1.65 bits per heavy atom. The first-order valence-corrected chi connectivity index (χ1v) is 7.02. The van der Waals surface area contributed by atoms with Crippen molar-refractivity contribution in [1.29, 1.82) is 0 Å². The molecule has 0 saturated heterocycles. The first-order chi connectivity index (χ1) is 9.41. The molecule has 0 fully saturated rings. The van der Waals surface area contributed by atoms with Gasteiger partial charge in [0.15, 0.2) is 5.78 Å². The number of carbonyl (C=O) groups is 1. The van der Waals surface area contributed by atoms with E-state index >= 15 is 0 Å². The molecule has 6 heteroatoms. The van der Waals surface area contributed by atoms with Crippen molar-refractivity contribution < 1.29 is 9.18 Å². The Hall–Kier alpha value is -0.800. The molecule has 0 aliphatic carbocycles. The maximum atomic E-state index is 13.5. The van der Waals surface area contributed by atoms with Crippen molar-refractivity contribution in [2.75, 3.05) is 0 Å². The number of ketones is 1. The summed E-state index contributed by atoms with van der Waals surface area (Å²) in [6.45, 7) is 0. The standard InChI is InChI=1S/C14H7Cl4FO/c15-8-6-9(16)13(17)14(18)12(8)11(20)5-7-3-1-2-4-10(7)19/h1-4,6H,5H2. The van der Waals surface area contributed by atoms with Gasteiger partial charge in [-0.05, 0) is 17.7 Å². The fourth-order valence-electron chi connectivity index (χ4n) is 1.72. The Morgan fingerprint density at radius 1 is 1.00 bits per heavy atom. The lowest BCUT2D eigenvalue weighted by molar-refractivity contribution is 0.0992. The minimum absolute atomic E-state index is 0.0227. The number of hydrogen-bond acceptors (Lipinski definition) is 1. The van der Waals surface area contributed by atoms with E-state index in [1.165, 1.54) is 18.2 Å². The molecule has 0 unspecified atom stereocenters. The predicted octanol–water partition coefficient (Wildman–Crippen LogP) is 5.86. The third-order valence-electron chi connectivity index (χ3n) is 2.70. The summed E-state index contributed by atoms with van der Waals surface area (Å²) < 4.78 is 13.5. The topological polar surface area (TPSA) is 17.1 Å². The highest BCUT2D eigenvalue weighted by atomic mass is 35.5. The van der Waals surface area contributed by atoms with E-state index in [-0.39, 0.29) is 37.6 Å². The van der Waals surface area contributed by atoms with Gasteiger partial charge in [-0.25, -0.2) is 4.39 Å². The fraction of sp³-hybridized carbons (Fsp3) is 0.0714. The fourth-order valence-corrected chi connectivity index (χ4v) is 2.85. The summed E-state index contributed by atoms with van der Waals surface area (Å²) in [5.74, 6) is -0.892. The molecule has 2 aromatic rings. The second-order valence-corrected chi connectivity index (χ2v) is 5.60. The van der Waals surface area contributed by atoms with Crippen LogP contribution in [0.3, 0.4) is 0 Å². The number of halogens is 5. The van der Waals surface area contributed by atoms with Crippen molar-refractivity contribution in [2.45, 2.75) is 6.42 Å². The molecular weight excluding hydrogens is 345 g/mol. The molecule has 2 aromatic carbocycles. The highest BCUT2D eigenvalue weighted by Crippen LogP contribution is 2.38. The Labute approximate surface area is 135 Å². The molecule has 0 heterocycles. The van der Waals surface area contributed by atoms with Crippen LogP contribution in [-0.2, 0) is 6.42 Å². The molecule has 0 aliphatic heterocycles. The van der Waals surface area contributed by atoms with Crippen LogP contribution in [0.1, 0.15) is 15.9 Å². The van der Waals surface area contributed by atoms with E-state index < -0.39 is 11.6 Å². The molecule has 0 N–H and O–H groups in total. The minimum atomic E-state index is -0.465. The van der Waals surface area contributed by atoms with E-state index in [1.54, 1.807) is 12.1 Å². The average molecular weight is 352 g/mol. The monoisotopic (exact) mass is 350 g/mol. The lowest BCUT2D eigenvalue weighted by Gasteiger charge is -2.09. The number of rotatable bonds is 3. The molecule has 0 bridgehead atoms. The molecule has 0 amide bonds. The summed E-state index contributed by atoms with van der Waals surface area (Å²) in [5.41, 5.74) is 0.307. The Morgan fingerprint density at radius 3 is 2.30 bits per heavy atom. The van der Waals surface area contributed by atoms with E-state index in [1.807, 2.05) is 0 Å². The molecule has 20 heavy (non-hydrogen) atoms. The number of hydrogen-bond donors (Lipinski definition) is 0. The Kier molecular flexibility index (Phi) is 4.92. The minimum Gasteiger partial charge on any atom is -0.294 e. The van der Waals surface area contributed by atoms with Crippen LogP contribution in [0.2, 0.25) is 20.1 Å². The van der Waals surface area contributed by atoms with Gasteiger partial charge in [0.1, 0.15) is 5.82 Å². The van der Waals surface area contributed by atoms with Crippen LogP contribution in [0.15, 0.2) is 30.3 Å². The molecule has 104 valence electrons. The van der Waals surface area contributed by atoms with Crippen LogP contribution in [0.4, 0.5) is 4.39 Å². The molecule has 0 aromatic heterocycles. The molecule has 0 aliphatic rings. The number of benzene rings is 2. The van der Waals surface area contributed by atoms with Gasteiger partial charge in [0.25, 0.3) is 0 Å². The first-order valence-electron chi connectivity index (χ1n) is 5.51. The average Bonchev–Trinajstić information content (AvgIpc) is 2.39. The normalized spacial score (nSPS) is 10.7. The van der Waals surface area contributed by atoms with E-state index in [2.05, 4.69) is 0 Å². The van der Waals surface area contributed by atoms with Crippen LogP contribution in [0, 0.1) is 5.82 Å². The van der Waals surface area contributed by atoms with Gasteiger partial charge >= 0.3 is 0 Å². The lowest BCUT2D eigenvalue weighted by Crippen LogP contribution is -2.07.